The third kappa shape index (κ3) is 5.92. The maximum Gasteiger partial charge on any atom is 0.336 e. The minimum atomic E-state index is -0.741. The zero-order valence-corrected chi connectivity index (χ0v) is 22.7. The lowest BCUT2D eigenvalue weighted by atomic mass is 9.75. The van der Waals surface area contributed by atoms with Gasteiger partial charge >= 0.3 is 11.9 Å². The van der Waals surface area contributed by atoms with Gasteiger partial charge in [-0.05, 0) is 57.5 Å². The number of thiazole rings is 1. The molecule has 0 bridgehead atoms. The molecule has 4 rings (SSSR count). The van der Waals surface area contributed by atoms with E-state index in [9.17, 15) is 9.59 Å². The molecule has 0 radical (unpaired) electrons. The van der Waals surface area contributed by atoms with Crippen molar-refractivity contribution in [1.82, 2.24) is 4.98 Å². The number of carbonyl (C=O) groups is 2. The molecule has 2 unspecified atom stereocenters. The highest BCUT2D eigenvalue weighted by Gasteiger charge is 2.42. The summed E-state index contributed by atoms with van der Waals surface area (Å²) in [6.45, 7) is 7.51. The monoisotopic (exact) mass is 537 g/mol. The van der Waals surface area contributed by atoms with Gasteiger partial charge in [0.15, 0.2) is 5.13 Å². The molecular formula is C28H28ClN3O4S. The maximum absolute atomic E-state index is 13.0. The Morgan fingerprint density at radius 3 is 2.49 bits per heavy atom. The Morgan fingerprint density at radius 2 is 1.78 bits per heavy atom. The molecule has 1 N–H and O–H groups in total. The number of hydrogen-bond donors (Lipinski definition) is 1. The molecule has 37 heavy (non-hydrogen) atoms. The predicted octanol–water partition coefficient (Wildman–Crippen LogP) is 6.78. The fourth-order valence-electron chi connectivity index (χ4n) is 4.43. The van der Waals surface area contributed by atoms with Crippen molar-refractivity contribution in [2.24, 2.45) is 10.9 Å². The summed E-state index contributed by atoms with van der Waals surface area (Å²) in [6, 6.07) is 15.1. The van der Waals surface area contributed by atoms with E-state index in [1.165, 1.54) is 11.3 Å². The number of nitrogens with one attached hydrogen (secondary N) is 1. The van der Waals surface area contributed by atoms with E-state index in [-0.39, 0.29) is 13.2 Å². The van der Waals surface area contributed by atoms with Gasteiger partial charge in [0.25, 0.3) is 0 Å². The number of allylic oxidation sites excluding steroid dienone is 1. The van der Waals surface area contributed by atoms with Crippen molar-refractivity contribution in [1.29, 1.82) is 0 Å². The van der Waals surface area contributed by atoms with Crippen molar-refractivity contribution in [3.05, 3.63) is 75.8 Å². The minimum Gasteiger partial charge on any atom is -0.465 e. The van der Waals surface area contributed by atoms with Gasteiger partial charge in [-0.25, -0.2) is 9.78 Å². The number of ether oxygens (including phenoxy) is 2. The molecule has 0 fully saturated rings. The van der Waals surface area contributed by atoms with E-state index in [0.717, 1.165) is 22.5 Å². The van der Waals surface area contributed by atoms with Crippen LogP contribution in [0.2, 0.25) is 5.02 Å². The first-order valence-electron chi connectivity index (χ1n) is 12.0. The van der Waals surface area contributed by atoms with E-state index < -0.39 is 23.8 Å². The molecule has 2 aromatic carbocycles. The molecule has 1 aromatic heterocycles. The van der Waals surface area contributed by atoms with Crippen LogP contribution in [-0.2, 0) is 19.1 Å². The van der Waals surface area contributed by atoms with Gasteiger partial charge in [-0.1, -0.05) is 35.9 Å². The van der Waals surface area contributed by atoms with Crippen LogP contribution in [0.15, 0.2) is 70.2 Å². The summed E-state index contributed by atoms with van der Waals surface area (Å²) < 4.78 is 10.7. The molecule has 3 aromatic rings. The van der Waals surface area contributed by atoms with Crippen LogP contribution < -0.4 is 5.32 Å². The van der Waals surface area contributed by atoms with Gasteiger partial charge in [0, 0.05) is 39.0 Å². The van der Waals surface area contributed by atoms with E-state index in [1.807, 2.05) is 53.9 Å². The summed E-state index contributed by atoms with van der Waals surface area (Å²) in [5.41, 5.74) is 4.85. The lowest BCUT2D eigenvalue weighted by Gasteiger charge is -2.31. The van der Waals surface area contributed by atoms with Crippen molar-refractivity contribution < 1.29 is 19.1 Å². The third-order valence-electron chi connectivity index (χ3n) is 6.01. The Bertz CT molecular complexity index is 1360. The van der Waals surface area contributed by atoms with Crippen LogP contribution in [0.25, 0.3) is 11.3 Å². The molecule has 0 saturated carbocycles. The second-order valence-corrected chi connectivity index (χ2v) is 9.77. The van der Waals surface area contributed by atoms with Gasteiger partial charge < -0.3 is 14.8 Å². The standard InChI is InChI=1S/C28H28ClN3O4S/c1-5-35-26(33)23-16(3)30-17(4)24(27(34)36-6-2)25(23)19-8-7-9-21(14-19)31-28-32-22(15-37-28)18-10-12-20(29)13-11-18/h7-15,23,25H,5-6H2,1-4H3,(H,31,32). The Hall–Kier alpha value is -3.49. The van der Waals surface area contributed by atoms with E-state index in [4.69, 9.17) is 26.1 Å². The van der Waals surface area contributed by atoms with Gasteiger partial charge in [-0.2, -0.15) is 0 Å². The normalized spacial score (nSPS) is 17.3. The minimum absolute atomic E-state index is 0.219. The molecule has 7 nitrogen and oxygen atoms in total. The average Bonchev–Trinajstić information content (AvgIpc) is 3.32. The van der Waals surface area contributed by atoms with Crippen molar-refractivity contribution >= 4 is 51.4 Å². The van der Waals surface area contributed by atoms with Gasteiger partial charge in [-0.3, -0.25) is 9.79 Å². The number of nitrogens with zero attached hydrogens (tertiary/aromatic N) is 2. The smallest absolute Gasteiger partial charge is 0.336 e. The highest BCUT2D eigenvalue weighted by Crippen LogP contribution is 2.41. The summed E-state index contributed by atoms with van der Waals surface area (Å²) in [5.74, 6) is -2.25. The molecule has 1 aliphatic rings. The topological polar surface area (TPSA) is 89.9 Å². The SMILES string of the molecule is CCOC(=O)C1=C(C)N=C(C)C(C(=O)OCC)C1c1cccc(Nc2nc(-c3ccc(Cl)cc3)cs2)c1. The average molecular weight is 538 g/mol. The molecular weight excluding hydrogens is 510 g/mol. The molecule has 0 aliphatic carbocycles. The predicted molar refractivity (Wildman–Crippen MR) is 148 cm³/mol. The number of hydrogen-bond acceptors (Lipinski definition) is 8. The molecule has 0 saturated heterocycles. The highest BCUT2D eigenvalue weighted by atomic mass is 35.5. The third-order valence-corrected chi connectivity index (χ3v) is 7.02. The van der Waals surface area contributed by atoms with Crippen molar-refractivity contribution in [2.45, 2.75) is 33.6 Å². The van der Waals surface area contributed by atoms with Crippen LogP contribution in [0.1, 0.15) is 39.2 Å². The van der Waals surface area contributed by atoms with E-state index in [0.29, 0.717) is 27.1 Å². The van der Waals surface area contributed by atoms with Crippen LogP contribution >= 0.6 is 22.9 Å². The van der Waals surface area contributed by atoms with Crippen molar-refractivity contribution in [3.8, 4) is 11.3 Å². The maximum atomic E-state index is 13.0. The molecule has 0 amide bonds. The van der Waals surface area contributed by atoms with Crippen molar-refractivity contribution in [2.75, 3.05) is 18.5 Å². The van der Waals surface area contributed by atoms with Crippen LogP contribution in [-0.4, -0.2) is 35.8 Å². The summed E-state index contributed by atoms with van der Waals surface area (Å²) in [5, 5.41) is 6.70. The number of carbonyl (C=O) groups excluding carboxylic acids is 2. The van der Waals surface area contributed by atoms with Crippen LogP contribution in [0.3, 0.4) is 0 Å². The summed E-state index contributed by atoms with van der Waals surface area (Å²) in [7, 11) is 0. The van der Waals surface area contributed by atoms with Gasteiger partial charge in [0.2, 0.25) is 0 Å². The lowest BCUT2D eigenvalue weighted by molar-refractivity contribution is -0.146. The second-order valence-electron chi connectivity index (χ2n) is 8.48. The first kappa shape index (κ1) is 26.6. The first-order chi connectivity index (χ1) is 17.8. The van der Waals surface area contributed by atoms with Crippen LogP contribution in [0.4, 0.5) is 10.8 Å². The van der Waals surface area contributed by atoms with E-state index in [2.05, 4.69) is 10.3 Å². The second kappa shape index (κ2) is 11.7. The number of aromatic nitrogens is 1. The van der Waals surface area contributed by atoms with E-state index in [1.54, 1.807) is 27.7 Å². The molecule has 192 valence electrons. The highest BCUT2D eigenvalue weighted by molar-refractivity contribution is 7.14. The Balaban J connectivity index is 1.68. The Labute approximate surface area is 225 Å². The number of anilines is 2. The number of rotatable bonds is 8. The van der Waals surface area contributed by atoms with Gasteiger partial charge in [-0.15, -0.1) is 11.3 Å². The number of benzene rings is 2. The van der Waals surface area contributed by atoms with Crippen LogP contribution in [0, 0.1) is 5.92 Å². The quantitative estimate of drug-likeness (QED) is 0.318. The summed E-state index contributed by atoms with van der Waals surface area (Å²) >= 11 is 7.48. The Morgan fingerprint density at radius 1 is 1.05 bits per heavy atom. The zero-order chi connectivity index (χ0) is 26.5. The lowest BCUT2D eigenvalue weighted by Crippen LogP contribution is -2.36. The summed E-state index contributed by atoms with van der Waals surface area (Å²) in [6.07, 6.45) is 0. The number of aliphatic imine (C=N–C) groups is 1. The molecule has 1 aliphatic heterocycles. The number of halogens is 1. The zero-order valence-electron chi connectivity index (χ0n) is 21.1. The van der Waals surface area contributed by atoms with Crippen LogP contribution in [0.5, 0.6) is 0 Å². The fourth-order valence-corrected chi connectivity index (χ4v) is 5.29. The number of esters is 2. The largest absolute Gasteiger partial charge is 0.465 e. The molecule has 2 atom stereocenters. The fraction of sp³-hybridized carbons (Fsp3) is 0.286. The molecule has 0 spiro atoms. The molecule has 9 heteroatoms. The van der Waals surface area contributed by atoms with Crippen molar-refractivity contribution in [3.63, 3.8) is 0 Å². The molecule has 2 heterocycles. The summed E-state index contributed by atoms with van der Waals surface area (Å²) in [4.78, 5) is 35.3. The Kier molecular flexibility index (Phi) is 8.41. The first-order valence-corrected chi connectivity index (χ1v) is 13.3. The van der Waals surface area contributed by atoms with Gasteiger partial charge in [0.05, 0.1) is 24.5 Å². The van der Waals surface area contributed by atoms with E-state index >= 15 is 0 Å². The van der Waals surface area contributed by atoms with Gasteiger partial charge in [0.1, 0.15) is 5.92 Å².